The third-order valence-corrected chi connectivity index (χ3v) is 11.7. The number of anilines is 1. The third kappa shape index (κ3) is 7.92. The van der Waals surface area contributed by atoms with Crippen molar-refractivity contribution in [3.63, 3.8) is 0 Å². The largest absolute Gasteiger partial charge is 0.360 e. The molecule has 5 aromatic rings. The molecule has 3 aromatic carbocycles. The van der Waals surface area contributed by atoms with Crippen molar-refractivity contribution in [1.29, 1.82) is 0 Å². The second-order valence-corrected chi connectivity index (χ2v) is 20.7. The first-order valence-corrected chi connectivity index (χ1v) is 21.5. The number of carbonyl (C=O) groups excluding carboxylic acids is 2. The number of nitrogens with one attached hydrogen (secondary N) is 2. The van der Waals surface area contributed by atoms with E-state index in [0.717, 1.165) is 56.7 Å². The Hall–Kier alpha value is -4.81. The summed E-state index contributed by atoms with van der Waals surface area (Å²) in [6.07, 6.45) is 5.71. The maximum Gasteiger partial charge on any atom is 0.322 e. The van der Waals surface area contributed by atoms with E-state index in [1.54, 1.807) is 11.0 Å². The van der Waals surface area contributed by atoms with Crippen LogP contribution in [0, 0.1) is 12.7 Å². The molecule has 1 atom stereocenters. The number of nitrogens with zero attached hydrogens (tertiary/aromatic N) is 5. The summed E-state index contributed by atoms with van der Waals surface area (Å²) < 4.78 is 22.1. The Morgan fingerprint density at radius 2 is 1.84 bits per heavy atom. The van der Waals surface area contributed by atoms with E-state index < -0.39 is 13.9 Å². The fourth-order valence-electron chi connectivity index (χ4n) is 7.10. The number of piperidine rings is 1. The number of aromatic nitrogens is 3. The van der Waals surface area contributed by atoms with Gasteiger partial charge in [-0.05, 0) is 72.5 Å². The number of aryl methyl sites for hydroxylation is 1. The van der Waals surface area contributed by atoms with Crippen LogP contribution in [0.25, 0.3) is 21.7 Å². The topological polar surface area (TPSA) is 105 Å². The maximum absolute atomic E-state index is 14.3. The van der Waals surface area contributed by atoms with Crippen LogP contribution in [-0.4, -0.2) is 70.4 Å². The first kappa shape index (κ1) is 34.6. The Morgan fingerprint density at radius 1 is 1.06 bits per heavy atom. The lowest BCUT2D eigenvalue weighted by molar-refractivity contribution is 0.0791. The number of benzene rings is 3. The summed E-state index contributed by atoms with van der Waals surface area (Å²) >= 11 is 0. The minimum absolute atomic E-state index is 0.0511. The summed E-state index contributed by atoms with van der Waals surface area (Å²) in [5.74, 6) is -0.426. The predicted octanol–water partition coefficient (Wildman–Crippen LogP) is 7.85. The molecule has 2 N–H and O–H groups in total. The number of pyridine rings is 1. The molecule has 0 aliphatic carbocycles. The molecule has 4 amide bonds. The highest BCUT2D eigenvalue weighted by Crippen LogP contribution is 2.30. The second-order valence-electron chi connectivity index (χ2n) is 15.1. The van der Waals surface area contributed by atoms with Gasteiger partial charge in [-0.2, -0.15) is 5.10 Å². The van der Waals surface area contributed by atoms with E-state index in [4.69, 9.17) is 14.8 Å². The number of ether oxygens (including phenoxy) is 1. The van der Waals surface area contributed by atoms with E-state index in [-0.39, 0.29) is 29.8 Å². The van der Waals surface area contributed by atoms with Gasteiger partial charge in [-0.1, -0.05) is 62.1 Å². The molecule has 266 valence electrons. The third-order valence-electron chi connectivity index (χ3n) is 10.00. The van der Waals surface area contributed by atoms with Gasteiger partial charge in [0.2, 0.25) is 0 Å². The SMILES string of the molecule is Cc1cc(CC(NC(=O)N2CCC(N3Cc4cccc(F)c4NC3=O)CC2)c2cc3ccccc3cn2)cc2cn(COCC[Si](C)(C)C)nc12. The van der Waals surface area contributed by atoms with Crippen LogP contribution in [-0.2, 0) is 24.4 Å². The van der Waals surface area contributed by atoms with Crippen LogP contribution >= 0.6 is 0 Å². The Morgan fingerprint density at radius 3 is 2.63 bits per heavy atom. The molecular weight excluding hydrogens is 662 g/mol. The highest BCUT2D eigenvalue weighted by atomic mass is 28.3. The second kappa shape index (κ2) is 14.4. The van der Waals surface area contributed by atoms with Crippen molar-refractivity contribution < 1.29 is 18.7 Å². The Kier molecular flexibility index (Phi) is 9.80. The van der Waals surface area contributed by atoms with Crippen LogP contribution in [0.15, 0.2) is 73.1 Å². The maximum atomic E-state index is 14.3. The summed E-state index contributed by atoms with van der Waals surface area (Å²) in [4.78, 5) is 35.2. The van der Waals surface area contributed by atoms with E-state index in [0.29, 0.717) is 45.6 Å². The minimum Gasteiger partial charge on any atom is -0.360 e. The van der Waals surface area contributed by atoms with Crippen LogP contribution < -0.4 is 10.6 Å². The molecule has 12 heteroatoms. The number of urea groups is 2. The van der Waals surface area contributed by atoms with Gasteiger partial charge in [-0.15, -0.1) is 0 Å². The number of hydrogen-bond donors (Lipinski definition) is 2. The average molecular weight is 708 g/mol. The van der Waals surface area contributed by atoms with Crippen molar-refractivity contribution in [2.75, 3.05) is 25.0 Å². The van der Waals surface area contributed by atoms with Gasteiger partial charge in [0, 0.05) is 63.5 Å². The molecule has 10 nitrogen and oxygen atoms in total. The van der Waals surface area contributed by atoms with Crippen molar-refractivity contribution in [3.8, 4) is 0 Å². The molecule has 0 spiro atoms. The molecule has 2 aliphatic heterocycles. The zero-order chi connectivity index (χ0) is 35.7. The summed E-state index contributed by atoms with van der Waals surface area (Å²) in [7, 11) is -1.17. The Bertz CT molecular complexity index is 2070. The number of halogens is 1. The summed E-state index contributed by atoms with van der Waals surface area (Å²) in [5.41, 5.74) is 4.88. The van der Waals surface area contributed by atoms with Gasteiger partial charge in [0.05, 0.1) is 22.9 Å². The molecule has 2 aromatic heterocycles. The monoisotopic (exact) mass is 707 g/mol. The van der Waals surface area contributed by atoms with Crippen molar-refractivity contribution in [2.24, 2.45) is 0 Å². The van der Waals surface area contributed by atoms with Gasteiger partial charge < -0.3 is 25.2 Å². The van der Waals surface area contributed by atoms with Gasteiger partial charge in [-0.3, -0.25) is 4.98 Å². The standard InChI is InChI=1S/C39H46FN7O3Si/c1-26-18-27(19-31-23-46(44-36(26)31)25-50-16-17-51(2,3)4)20-35(34-21-28-8-5-6-9-29(28)22-41-34)42-38(48)45-14-12-32(13-15-45)47-24-30-10-7-11-33(40)37(30)43-39(47)49/h5-11,18-19,21-23,32,35H,12-17,20,24-25H2,1-4H3,(H,42,48)(H,43,49). The zero-order valence-electron chi connectivity index (χ0n) is 29.8. The van der Waals surface area contributed by atoms with Gasteiger partial charge in [0.25, 0.3) is 0 Å². The molecule has 0 radical (unpaired) electrons. The summed E-state index contributed by atoms with van der Waals surface area (Å²) in [6.45, 7) is 11.6. The van der Waals surface area contributed by atoms with Crippen LogP contribution in [0.1, 0.15) is 41.3 Å². The molecule has 2 aliphatic rings. The fourth-order valence-corrected chi connectivity index (χ4v) is 7.86. The number of carbonyl (C=O) groups is 2. The molecule has 51 heavy (non-hydrogen) atoms. The highest BCUT2D eigenvalue weighted by Gasteiger charge is 2.34. The highest BCUT2D eigenvalue weighted by molar-refractivity contribution is 6.76. The number of likely N-dealkylation sites (tertiary alicyclic amines) is 1. The fraction of sp³-hybridized carbons (Fsp3) is 0.385. The lowest BCUT2D eigenvalue weighted by Gasteiger charge is -2.40. The molecule has 0 bridgehead atoms. The lowest BCUT2D eigenvalue weighted by Crippen LogP contribution is -2.53. The number of hydrogen-bond acceptors (Lipinski definition) is 5. The van der Waals surface area contributed by atoms with Crippen LogP contribution in [0.5, 0.6) is 0 Å². The summed E-state index contributed by atoms with van der Waals surface area (Å²) in [6, 6.07) is 19.5. The quantitative estimate of drug-likeness (QED) is 0.114. The lowest BCUT2D eigenvalue weighted by atomic mass is 9.98. The van der Waals surface area contributed by atoms with Gasteiger partial charge >= 0.3 is 12.1 Å². The first-order valence-electron chi connectivity index (χ1n) is 17.8. The summed E-state index contributed by atoms with van der Waals surface area (Å²) in [5, 5.41) is 14.0. The van der Waals surface area contributed by atoms with Crippen LogP contribution in [0.3, 0.4) is 0 Å². The van der Waals surface area contributed by atoms with Crippen LogP contribution in [0.2, 0.25) is 25.7 Å². The van der Waals surface area contributed by atoms with E-state index in [9.17, 15) is 14.0 Å². The van der Waals surface area contributed by atoms with Crippen molar-refractivity contribution in [2.45, 2.75) is 77.2 Å². The van der Waals surface area contributed by atoms with E-state index in [2.05, 4.69) is 61.5 Å². The smallest absolute Gasteiger partial charge is 0.322 e. The van der Waals surface area contributed by atoms with Gasteiger partial charge in [-0.25, -0.2) is 18.7 Å². The molecular formula is C39H46FN7O3Si. The zero-order valence-corrected chi connectivity index (χ0v) is 30.8. The normalized spacial score (nSPS) is 16.0. The number of rotatable bonds is 10. The predicted molar refractivity (Wildman–Crippen MR) is 201 cm³/mol. The average Bonchev–Trinajstić information content (AvgIpc) is 3.53. The van der Waals surface area contributed by atoms with Gasteiger partial charge in [0.15, 0.2) is 0 Å². The van der Waals surface area contributed by atoms with Crippen molar-refractivity contribution in [1.82, 2.24) is 29.9 Å². The molecule has 1 fully saturated rings. The van der Waals surface area contributed by atoms with E-state index in [1.165, 1.54) is 6.07 Å². The van der Waals surface area contributed by atoms with Crippen LogP contribution in [0.4, 0.5) is 19.7 Å². The van der Waals surface area contributed by atoms with Crippen molar-refractivity contribution >= 4 is 47.5 Å². The first-order chi connectivity index (χ1) is 24.5. The number of fused-ring (bicyclic) bond motifs is 3. The molecule has 0 saturated carbocycles. The molecule has 4 heterocycles. The number of amides is 4. The molecule has 7 rings (SSSR count). The van der Waals surface area contributed by atoms with Crippen molar-refractivity contribution in [3.05, 3.63) is 101 Å². The molecule has 1 saturated heterocycles. The minimum atomic E-state index is -1.17. The van der Waals surface area contributed by atoms with E-state index >= 15 is 0 Å². The van der Waals surface area contributed by atoms with Gasteiger partial charge in [0.1, 0.15) is 12.5 Å². The number of para-hydroxylation sites is 1. The Labute approximate surface area is 299 Å². The Balaban J connectivity index is 1.06. The molecule has 1 unspecified atom stereocenters. The van der Waals surface area contributed by atoms with E-state index in [1.807, 2.05) is 46.2 Å².